The molecule has 0 saturated carbocycles. The van der Waals surface area contributed by atoms with Crippen LogP contribution in [-0.2, 0) is 10.5 Å². The van der Waals surface area contributed by atoms with Gasteiger partial charge in [0.15, 0.2) is 0 Å². The van der Waals surface area contributed by atoms with Crippen molar-refractivity contribution in [3.05, 3.63) is 59.7 Å². The minimum absolute atomic E-state index is 0.0620. The largest absolute Gasteiger partial charge is 0.496 e. The SMILES string of the molecule is COc1ccc(C(=O)N2CCOCC2)cc1CSc1ccccc1. The Hall–Kier alpha value is -1.98. The lowest BCUT2D eigenvalue weighted by Crippen LogP contribution is -2.40. The minimum atomic E-state index is 0.0620. The van der Waals surface area contributed by atoms with Crippen molar-refractivity contribution in [1.29, 1.82) is 0 Å². The van der Waals surface area contributed by atoms with E-state index in [-0.39, 0.29) is 5.91 Å². The Morgan fingerprint density at radius 1 is 1.17 bits per heavy atom. The van der Waals surface area contributed by atoms with E-state index >= 15 is 0 Å². The van der Waals surface area contributed by atoms with E-state index in [0.717, 1.165) is 17.1 Å². The standard InChI is InChI=1S/C19H21NO3S/c1-22-18-8-7-15(19(21)20-9-11-23-12-10-20)13-16(18)14-24-17-5-3-2-4-6-17/h2-8,13H,9-12,14H2,1H3. The minimum Gasteiger partial charge on any atom is -0.496 e. The predicted molar refractivity (Wildman–Crippen MR) is 95.7 cm³/mol. The number of benzene rings is 2. The summed E-state index contributed by atoms with van der Waals surface area (Å²) in [6.45, 7) is 2.52. The maximum atomic E-state index is 12.6. The lowest BCUT2D eigenvalue weighted by atomic mass is 10.1. The molecular weight excluding hydrogens is 322 g/mol. The molecule has 0 bridgehead atoms. The summed E-state index contributed by atoms with van der Waals surface area (Å²) in [5, 5.41) is 0. The Morgan fingerprint density at radius 3 is 2.62 bits per heavy atom. The van der Waals surface area contributed by atoms with Gasteiger partial charge < -0.3 is 14.4 Å². The highest BCUT2D eigenvalue weighted by Crippen LogP contribution is 2.29. The third-order valence-electron chi connectivity index (χ3n) is 3.96. The zero-order chi connectivity index (χ0) is 16.8. The Balaban J connectivity index is 1.75. The molecule has 5 heteroatoms. The van der Waals surface area contributed by atoms with Gasteiger partial charge in [-0.2, -0.15) is 0 Å². The van der Waals surface area contributed by atoms with Crippen molar-refractivity contribution in [2.45, 2.75) is 10.6 Å². The van der Waals surface area contributed by atoms with Crippen LogP contribution in [0.25, 0.3) is 0 Å². The molecule has 0 atom stereocenters. The number of hydrogen-bond acceptors (Lipinski definition) is 4. The van der Waals surface area contributed by atoms with Gasteiger partial charge in [0.1, 0.15) is 5.75 Å². The number of amides is 1. The molecule has 0 unspecified atom stereocenters. The van der Waals surface area contributed by atoms with Crippen molar-refractivity contribution < 1.29 is 14.3 Å². The number of ether oxygens (including phenoxy) is 2. The average molecular weight is 343 g/mol. The number of morpholine rings is 1. The molecule has 2 aromatic rings. The number of thioether (sulfide) groups is 1. The molecule has 1 heterocycles. The van der Waals surface area contributed by atoms with Gasteiger partial charge in [-0.05, 0) is 30.3 Å². The van der Waals surface area contributed by atoms with Gasteiger partial charge >= 0.3 is 0 Å². The second-order valence-electron chi connectivity index (χ2n) is 5.53. The summed E-state index contributed by atoms with van der Waals surface area (Å²) in [6, 6.07) is 15.9. The van der Waals surface area contributed by atoms with Crippen LogP contribution in [0.1, 0.15) is 15.9 Å². The molecule has 1 saturated heterocycles. The van der Waals surface area contributed by atoms with E-state index in [9.17, 15) is 4.79 Å². The maximum absolute atomic E-state index is 12.6. The number of carbonyl (C=O) groups is 1. The highest BCUT2D eigenvalue weighted by atomic mass is 32.2. The molecule has 4 nitrogen and oxygen atoms in total. The first kappa shape index (κ1) is 16.9. The Morgan fingerprint density at radius 2 is 1.92 bits per heavy atom. The van der Waals surface area contributed by atoms with Crippen LogP contribution in [-0.4, -0.2) is 44.2 Å². The molecule has 1 aliphatic heterocycles. The molecule has 2 aromatic carbocycles. The van der Waals surface area contributed by atoms with E-state index < -0.39 is 0 Å². The molecule has 1 aliphatic rings. The summed E-state index contributed by atoms with van der Waals surface area (Å²) in [6.07, 6.45) is 0. The van der Waals surface area contributed by atoms with Crippen molar-refractivity contribution in [3.63, 3.8) is 0 Å². The second-order valence-corrected chi connectivity index (χ2v) is 6.58. The summed E-state index contributed by atoms with van der Waals surface area (Å²) >= 11 is 1.73. The van der Waals surface area contributed by atoms with E-state index in [2.05, 4.69) is 12.1 Å². The number of nitrogens with zero attached hydrogens (tertiary/aromatic N) is 1. The predicted octanol–water partition coefficient (Wildman–Crippen LogP) is 3.46. The third-order valence-corrected chi connectivity index (χ3v) is 5.02. The quantitative estimate of drug-likeness (QED) is 0.780. The van der Waals surface area contributed by atoms with Gasteiger partial charge in [-0.3, -0.25) is 4.79 Å². The van der Waals surface area contributed by atoms with Crippen molar-refractivity contribution in [2.75, 3.05) is 33.4 Å². The summed E-state index contributed by atoms with van der Waals surface area (Å²) in [5.74, 6) is 1.64. The van der Waals surface area contributed by atoms with Crippen molar-refractivity contribution >= 4 is 17.7 Å². The first-order valence-corrected chi connectivity index (χ1v) is 8.98. The van der Waals surface area contributed by atoms with Gasteiger partial charge in [0, 0.05) is 34.9 Å². The average Bonchev–Trinajstić information content (AvgIpc) is 2.67. The fraction of sp³-hybridized carbons (Fsp3) is 0.316. The smallest absolute Gasteiger partial charge is 0.254 e. The fourth-order valence-electron chi connectivity index (χ4n) is 2.65. The third kappa shape index (κ3) is 4.10. The molecule has 0 aliphatic carbocycles. The first-order chi connectivity index (χ1) is 11.8. The number of carbonyl (C=O) groups excluding carboxylic acids is 1. The normalized spacial score (nSPS) is 14.5. The Kier molecular flexibility index (Phi) is 5.77. The lowest BCUT2D eigenvalue weighted by Gasteiger charge is -2.27. The van der Waals surface area contributed by atoms with Crippen molar-refractivity contribution in [2.24, 2.45) is 0 Å². The van der Waals surface area contributed by atoms with E-state index in [1.54, 1.807) is 18.9 Å². The molecule has 0 spiro atoms. The van der Waals surface area contributed by atoms with Crippen LogP contribution >= 0.6 is 11.8 Å². The molecule has 0 radical (unpaired) electrons. The topological polar surface area (TPSA) is 38.8 Å². The summed E-state index contributed by atoms with van der Waals surface area (Å²) < 4.78 is 10.8. The van der Waals surface area contributed by atoms with Gasteiger partial charge in [0.2, 0.25) is 0 Å². The highest BCUT2D eigenvalue weighted by molar-refractivity contribution is 7.98. The maximum Gasteiger partial charge on any atom is 0.254 e. The van der Waals surface area contributed by atoms with Gasteiger partial charge in [-0.1, -0.05) is 18.2 Å². The molecule has 1 amide bonds. The van der Waals surface area contributed by atoms with E-state index in [0.29, 0.717) is 31.9 Å². The Labute approximate surface area is 146 Å². The van der Waals surface area contributed by atoms with Crippen LogP contribution in [0.3, 0.4) is 0 Å². The van der Waals surface area contributed by atoms with Crippen LogP contribution in [0.15, 0.2) is 53.4 Å². The first-order valence-electron chi connectivity index (χ1n) is 7.99. The monoisotopic (exact) mass is 343 g/mol. The van der Waals surface area contributed by atoms with Crippen LogP contribution < -0.4 is 4.74 Å². The van der Waals surface area contributed by atoms with Gasteiger partial charge in [-0.25, -0.2) is 0 Å². The van der Waals surface area contributed by atoms with E-state index in [1.165, 1.54) is 4.90 Å². The molecule has 1 fully saturated rings. The summed E-state index contributed by atoms with van der Waals surface area (Å²) in [5.41, 5.74) is 1.74. The zero-order valence-electron chi connectivity index (χ0n) is 13.7. The zero-order valence-corrected chi connectivity index (χ0v) is 14.6. The van der Waals surface area contributed by atoms with E-state index in [4.69, 9.17) is 9.47 Å². The number of hydrogen-bond donors (Lipinski definition) is 0. The van der Waals surface area contributed by atoms with Gasteiger partial charge in [0.25, 0.3) is 5.91 Å². The molecule has 24 heavy (non-hydrogen) atoms. The lowest BCUT2D eigenvalue weighted by molar-refractivity contribution is 0.0303. The number of methoxy groups -OCH3 is 1. The second kappa shape index (κ2) is 8.22. The van der Waals surface area contributed by atoms with Crippen LogP contribution in [0.5, 0.6) is 5.75 Å². The molecule has 0 N–H and O–H groups in total. The molecule has 3 rings (SSSR count). The number of rotatable bonds is 5. The van der Waals surface area contributed by atoms with Crippen LogP contribution in [0.2, 0.25) is 0 Å². The fourth-order valence-corrected chi connectivity index (χ4v) is 3.55. The van der Waals surface area contributed by atoms with Crippen molar-refractivity contribution in [3.8, 4) is 5.75 Å². The Bertz CT molecular complexity index is 684. The molecule has 0 aromatic heterocycles. The van der Waals surface area contributed by atoms with Crippen molar-refractivity contribution in [1.82, 2.24) is 4.90 Å². The summed E-state index contributed by atoms with van der Waals surface area (Å²) in [4.78, 5) is 15.7. The van der Waals surface area contributed by atoms with Gasteiger partial charge in [0.05, 0.1) is 20.3 Å². The molecule has 126 valence electrons. The molecular formula is C19H21NO3S. The van der Waals surface area contributed by atoms with E-state index in [1.807, 2.05) is 41.3 Å². The summed E-state index contributed by atoms with van der Waals surface area (Å²) in [7, 11) is 1.66. The van der Waals surface area contributed by atoms with Crippen LogP contribution in [0.4, 0.5) is 0 Å². The van der Waals surface area contributed by atoms with Crippen LogP contribution in [0, 0.1) is 0 Å². The van der Waals surface area contributed by atoms with Gasteiger partial charge in [-0.15, -0.1) is 11.8 Å². The highest BCUT2D eigenvalue weighted by Gasteiger charge is 2.19.